The molecule has 4 amide bonds. The number of carbonyl (C=O) groups is 4. The van der Waals surface area contributed by atoms with E-state index in [0.29, 0.717) is 6.42 Å². The molecule has 2 fully saturated rings. The molecule has 2 heterocycles. The number of nitrogens with zero attached hydrogens (tertiary/aromatic N) is 1. The molecule has 3 N–H and O–H groups in total. The number of nitrogens with two attached hydrogens (primary N) is 1. The third kappa shape index (κ3) is 1.54. The lowest BCUT2D eigenvalue weighted by molar-refractivity contribution is -0.155. The molecule has 0 aromatic heterocycles. The molecule has 2 rings (SSSR count). The Kier molecular flexibility index (Phi) is 2.37. The molecule has 16 heavy (non-hydrogen) atoms. The molecule has 0 radical (unpaired) electrons. The molecular formula is C9H11N3O4. The van der Waals surface area contributed by atoms with Gasteiger partial charge in [0, 0.05) is 6.42 Å². The summed E-state index contributed by atoms with van der Waals surface area (Å²) in [5, 5.41) is 2.41. The van der Waals surface area contributed by atoms with E-state index in [9.17, 15) is 19.2 Å². The van der Waals surface area contributed by atoms with E-state index < -0.39 is 29.8 Å². The Morgan fingerprint density at radius 2 is 2.12 bits per heavy atom. The monoisotopic (exact) mass is 225 g/mol. The van der Waals surface area contributed by atoms with Crippen molar-refractivity contribution in [2.24, 2.45) is 5.73 Å². The molecule has 0 aromatic rings. The number of amides is 4. The van der Waals surface area contributed by atoms with Gasteiger partial charge in [0.15, 0.2) is 0 Å². The number of nitrogens with one attached hydrogen (secondary N) is 1. The fourth-order valence-corrected chi connectivity index (χ4v) is 2.05. The normalized spacial score (nSPS) is 29.0. The predicted octanol–water partition coefficient (Wildman–Crippen LogP) is -2.12. The topological polar surface area (TPSA) is 110 Å². The molecule has 2 aliphatic heterocycles. The van der Waals surface area contributed by atoms with Crippen molar-refractivity contribution < 1.29 is 19.2 Å². The smallest absolute Gasteiger partial charge is 0.253 e. The van der Waals surface area contributed by atoms with Gasteiger partial charge in [0.25, 0.3) is 5.91 Å². The van der Waals surface area contributed by atoms with Crippen LogP contribution in [0.5, 0.6) is 0 Å². The Balaban J connectivity index is 2.22. The van der Waals surface area contributed by atoms with E-state index in [4.69, 9.17) is 5.73 Å². The molecule has 0 unspecified atom stereocenters. The van der Waals surface area contributed by atoms with Crippen LogP contribution in [0, 0.1) is 0 Å². The first-order chi connectivity index (χ1) is 7.50. The summed E-state index contributed by atoms with van der Waals surface area (Å²) < 4.78 is 0. The number of hydrogen-bond acceptors (Lipinski definition) is 4. The minimum atomic E-state index is -0.997. The molecule has 0 bridgehead atoms. The Hall–Kier alpha value is -1.92. The van der Waals surface area contributed by atoms with Gasteiger partial charge in [-0.25, -0.2) is 0 Å². The van der Waals surface area contributed by atoms with E-state index in [1.165, 1.54) is 0 Å². The van der Waals surface area contributed by atoms with Crippen molar-refractivity contribution in [2.75, 3.05) is 0 Å². The highest BCUT2D eigenvalue weighted by Crippen LogP contribution is 2.23. The summed E-state index contributed by atoms with van der Waals surface area (Å²) in [7, 11) is 0. The van der Waals surface area contributed by atoms with Gasteiger partial charge >= 0.3 is 0 Å². The zero-order valence-corrected chi connectivity index (χ0v) is 8.43. The van der Waals surface area contributed by atoms with Gasteiger partial charge in [-0.05, 0) is 6.42 Å². The predicted molar refractivity (Wildman–Crippen MR) is 50.6 cm³/mol. The van der Waals surface area contributed by atoms with Crippen molar-refractivity contribution >= 4 is 23.6 Å². The molecule has 7 nitrogen and oxygen atoms in total. The third-order valence-corrected chi connectivity index (χ3v) is 2.77. The molecule has 0 aromatic carbocycles. The van der Waals surface area contributed by atoms with Gasteiger partial charge < -0.3 is 11.1 Å². The molecule has 2 atom stereocenters. The lowest BCUT2D eigenvalue weighted by Crippen LogP contribution is -2.62. The molecule has 0 aliphatic carbocycles. The standard InChI is InChI=1S/C9H11N3O4/c10-6(13)3-4-9(16)12-5(8(15)11-4)1-2-7(12)14/h4-5H,1-3H2,(H2,10,13)(H,11,15)/t4-,5-/m0/s1. The van der Waals surface area contributed by atoms with Crippen molar-refractivity contribution in [3.63, 3.8) is 0 Å². The van der Waals surface area contributed by atoms with Gasteiger partial charge in [-0.15, -0.1) is 0 Å². The summed E-state index contributed by atoms with van der Waals surface area (Å²) in [6.07, 6.45) is 0.258. The highest BCUT2D eigenvalue weighted by atomic mass is 16.2. The van der Waals surface area contributed by atoms with Gasteiger partial charge in [0.2, 0.25) is 17.7 Å². The van der Waals surface area contributed by atoms with Gasteiger partial charge in [0.05, 0.1) is 6.42 Å². The van der Waals surface area contributed by atoms with Crippen LogP contribution in [-0.4, -0.2) is 40.6 Å². The fraction of sp³-hybridized carbons (Fsp3) is 0.556. The average molecular weight is 225 g/mol. The van der Waals surface area contributed by atoms with E-state index in [0.717, 1.165) is 4.90 Å². The minimum Gasteiger partial charge on any atom is -0.370 e. The van der Waals surface area contributed by atoms with Crippen molar-refractivity contribution in [1.82, 2.24) is 10.2 Å². The van der Waals surface area contributed by atoms with Crippen LogP contribution < -0.4 is 11.1 Å². The molecule has 0 spiro atoms. The Morgan fingerprint density at radius 3 is 2.75 bits per heavy atom. The van der Waals surface area contributed by atoms with Crippen LogP contribution in [0.4, 0.5) is 0 Å². The van der Waals surface area contributed by atoms with E-state index in [1.807, 2.05) is 0 Å². The third-order valence-electron chi connectivity index (χ3n) is 2.77. The second kappa shape index (κ2) is 3.58. The Morgan fingerprint density at radius 1 is 1.44 bits per heavy atom. The first kappa shape index (κ1) is 10.6. The quantitative estimate of drug-likeness (QED) is 0.523. The highest BCUT2D eigenvalue weighted by molar-refractivity contribution is 6.09. The number of carbonyl (C=O) groups excluding carboxylic acids is 4. The van der Waals surface area contributed by atoms with E-state index in [2.05, 4.69) is 5.32 Å². The van der Waals surface area contributed by atoms with Gasteiger partial charge in [0.1, 0.15) is 12.1 Å². The molecule has 2 saturated heterocycles. The lowest BCUT2D eigenvalue weighted by Gasteiger charge is -2.32. The number of rotatable bonds is 2. The number of hydrogen-bond donors (Lipinski definition) is 2. The first-order valence-corrected chi connectivity index (χ1v) is 4.95. The molecule has 7 heteroatoms. The molecule has 2 aliphatic rings. The maximum absolute atomic E-state index is 11.8. The van der Waals surface area contributed by atoms with Crippen LogP contribution in [0.1, 0.15) is 19.3 Å². The van der Waals surface area contributed by atoms with Gasteiger partial charge in [-0.3, -0.25) is 24.1 Å². The van der Waals surface area contributed by atoms with Crippen LogP contribution in [0.25, 0.3) is 0 Å². The van der Waals surface area contributed by atoms with Gasteiger partial charge in [-0.2, -0.15) is 0 Å². The number of piperazine rings is 1. The summed E-state index contributed by atoms with van der Waals surface area (Å²) in [6, 6.07) is -1.70. The van der Waals surface area contributed by atoms with Crippen molar-refractivity contribution in [3.8, 4) is 0 Å². The van der Waals surface area contributed by atoms with Crippen LogP contribution in [-0.2, 0) is 19.2 Å². The molecular weight excluding hydrogens is 214 g/mol. The lowest BCUT2D eigenvalue weighted by atomic mass is 10.1. The van der Waals surface area contributed by atoms with Crippen molar-refractivity contribution in [3.05, 3.63) is 0 Å². The molecule has 86 valence electrons. The Labute approximate surface area is 90.9 Å². The maximum Gasteiger partial charge on any atom is 0.253 e. The van der Waals surface area contributed by atoms with Gasteiger partial charge in [-0.1, -0.05) is 0 Å². The molecule has 0 saturated carbocycles. The second-order valence-electron chi connectivity index (χ2n) is 3.89. The zero-order chi connectivity index (χ0) is 11.9. The largest absolute Gasteiger partial charge is 0.370 e. The Bertz CT molecular complexity index is 392. The number of primary amides is 1. The fourth-order valence-electron chi connectivity index (χ4n) is 2.05. The SMILES string of the molecule is NC(=O)C[C@@H]1NC(=O)[C@@H]2CCC(=O)N2C1=O. The first-order valence-electron chi connectivity index (χ1n) is 4.95. The maximum atomic E-state index is 11.8. The van der Waals surface area contributed by atoms with E-state index >= 15 is 0 Å². The summed E-state index contributed by atoms with van der Waals surface area (Å²) in [4.78, 5) is 46.4. The van der Waals surface area contributed by atoms with Crippen LogP contribution in [0.3, 0.4) is 0 Å². The van der Waals surface area contributed by atoms with Crippen molar-refractivity contribution in [2.45, 2.75) is 31.3 Å². The highest BCUT2D eigenvalue weighted by Gasteiger charge is 2.47. The average Bonchev–Trinajstić information content (AvgIpc) is 2.56. The van der Waals surface area contributed by atoms with Crippen LogP contribution in [0.2, 0.25) is 0 Å². The second-order valence-corrected chi connectivity index (χ2v) is 3.89. The van der Waals surface area contributed by atoms with E-state index in [-0.39, 0.29) is 18.7 Å². The summed E-state index contributed by atoms with van der Waals surface area (Å²) in [5.41, 5.74) is 4.96. The van der Waals surface area contributed by atoms with Crippen LogP contribution >= 0.6 is 0 Å². The summed E-state index contributed by atoms with van der Waals surface area (Å²) in [5.74, 6) is -1.98. The summed E-state index contributed by atoms with van der Waals surface area (Å²) in [6.45, 7) is 0. The van der Waals surface area contributed by atoms with Crippen LogP contribution in [0.15, 0.2) is 0 Å². The van der Waals surface area contributed by atoms with Crippen molar-refractivity contribution in [1.29, 1.82) is 0 Å². The minimum absolute atomic E-state index is 0.188. The number of imide groups is 1. The van der Waals surface area contributed by atoms with E-state index in [1.54, 1.807) is 0 Å². The number of fused-ring (bicyclic) bond motifs is 1. The summed E-state index contributed by atoms with van der Waals surface area (Å²) >= 11 is 0. The zero-order valence-electron chi connectivity index (χ0n) is 8.43.